The number of carbonyl (C=O) groups is 2. The first-order chi connectivity index (χ1) is 12.0. The number of fused-ring (bicyclic) bond motifs is 1. The molecule has 0 atom stereocenters. The summed E-state index contributed by atoms with van der Waals surface area (Å²) in [7, 11) is 3.30. The standard InChI is InChI=1S/C17H23N5O3/c1-20(2)15(23)11-18-16(24)21-9-7-12(8-10-21)22-14-6-4-3-5-13(14)19-17(22)25/h3-6,12H,7-11H2,1-2H3,(H,18,24)(H,19,25). The SMILES string of the molecule is CN(C)C(=O)CNC(=O)N1CCC(n2c(=O)[nH]c3ccccc32)CC1. The zero-order chi connectivity index (χ0) is 18.0. The van der Waals surface area contributed by atoms with E-state index in [2.05, 4.69) is 10.3 Å². The molecule has 2 heterocycles. The Morgan fingerprint density at radius 1 is 1.24 bits per heavy atom. The molecule has 0 aliphatic carbocycles. The minimum Gasteiger partial charge on any atom is -0.347 e. The molecule has 8 nitrogen and oxygen atoms in total. The largest absolute Gasteiger partial charge is 0.347 e. The second-order valence-electron chi connectivity index (χ2n) is 6.48. The van der Waals surface area contributed by atoms with Crippen molar-refractivity contribution in [2.24, 2.45) is 0 Å². The molecule has 1 aromatic heterocycles. The van der Waals surface area contributed by atoms with Gasteiger partial charge in [0.15, 0.2) is 0 Å². The number of likely N-dealkylation sites (N-methyl/N-ethyl adjacent to an activating group) is 1. The topological polar surface area (TPSA) is 90.4 Å². The maximum absolute atomic E-state index is 12.3. The van der Waals surface area contributed by atoms with Crippen LogP contribution in [0.25, 0.3) is 11.0 Å². The van der Waals surface area contributed by atoms with E-state index in [4.69, 9.17) is 0 Å². The van der Waals surface area contributed by atoms with Crippen molar-refractivity contribution >= 4 is 23.0 Å². The molecule has 1 aliphatic heterocycles. The van der Waals surface area contributed by atoms with Gasteiger partial charge in [-0.2, -0.15) is 0 Å². The van der Waals surface area contributed by atoms with Crippen molar-refractivity contribution < 1.29 is 9.59 Å². The fraction of sp³-hybridized carbons (Fsp3) is 0.471. The van der Waals surface area contributed by atoms with Crippen molar-refractivity contribution in [2.45, 2.75) is 18.9 Å². The number of amides is 3. The number of nitrogens with zero attached hydrogens (tertiary/aromatic N) is 3. The van der Waals surface area contributed by atoms with Gasteiger partial charge in [-0.1, -0.05) is 12.1 Å². The maximum atomic E-state index is 12.3. The predicted octanol–water partition coefficient (Wildman–Crippen LogP) is 0.764. The average Bonchev–Trinajstić information content (AvgIpc) is 2.95. The number of hydrogen-bond donors (Lipinski definition) is 2. The molecule has 1 saturated heterocycles. The van der Waals surface area contributed by atoms with Crippen LogP contribution in [-0.4, -0.2) is 65.0 Å². The molecule has 2 N–H and O–H groups in total. The molecule has 0 unspecified atom stereocenters. The summed E-state index contributed by atoms with van der Waals surface area (Å²) in [6.07, 6.45) is 1.41. The summed E-state index contributed by atoms with van der Waals surface area (Å²) in [5, 5.41) is 2.65. The highest BCUT2D eigenvalue weighted by Crippen LogP contribution is 2.24. The molecule has 0 saturated carbocycles. The molecule has 0 spiro atoms. The van der Waals surface area contributed by atoms with E-state index in [0.29, 0.717) is 25.9 Å². The average molecular weight is 345 g/mol. The van der Waals surface area contributed by atoms with Crippen LogP contribution >= 0.6 is 0 Å². The zero-order valence-electron chi connectivity index (χ0n) is 14.5. The van der Waals surface area contributed by atoms with Crippen LogP contribution in [0.4, 0.5) is 4.79 Å². The Labute approximate surface area is 145 Å². The third kappa shape index (κ3) is 3.52. The lowest BCUT2D eigenvalue weighted by Gasteiger charge is -2.32. The first kappa shape index (κ1) is 17.1. The van der Waals surface area contributed by atoms with Gasteiger partial charge in [-0.25, -0.2) is 9.59 Å². The van der Waals surface area contributed by atoms with Crippen molar-refractivity contribution in [1.82, 2.24) is 24.7 Å². The molecular formula is C17H23N5O3. The molecule has 2 aromatic rings. The van der Waals surface area contributed by atoms with E-state index in [1.165, 1.54) is 4.90 Å². The number of carbonyl (C=O) groups excluding carboxylic acids is 2. The number of urea groups is 1. The number of para-hydroxylation sites is 2. The highest BCUT2D eigenvalue weighted by atomic mass is 16.2. The number of aromatic nitrogens is 2. The number of likely N-dealkylation sites (tertiary alicyclic amines) is 1. The van der Waals surface area contributed by atoms with Gasteiger partial charge < -0.3 is 20.1 Å². The fourth-order valence-electron chi connectivity index (χ4n) is 3.19. The molecule has 8 heteroatoms. The van der Waals surface area contributed by atoms with E-state index < -0.39 is 0 Å². The maximum Gasteiger partial charge on any atom is 0.326 e. The number of imidazole rings is 1. The van der Waals surface area contributed by atoms with Crippen LogP contribution in [0.1, 0.15) is 18.9 Å². The van der Waals surface area contributed by atoms with Crippen LogP contribution in [-0.2, 0) is 4.79 Å². The minimum absolute atomic E-state index is 0.00628. The van der Waals surface area contributed by atoms with E-state index in [1.54, 1.807) is 23.6 Å². The van der Waals surface area contributed by atoms with Crippen LogP contribution in [0.15, 0.2) is 29.1 Å². The van der Waals surface area contributed by atoms with E-state index in [9.17, 15) is 14.4 Å². The molecule has 0 radical (unpaired) electrons. The molecule has 25 heavy (non-hydrogen) atoms. The van der Waals surface area contributed by atoms with Gasteiger partial charge in [0, 0.05) is 33.2 Å². The van der Waals surface area contributed by atoms with E-state index in [-0.39, 0.29) is 30.2 Å². The molecule has 3 amide bonds. The number of nitrogens with one attached hydrogen (secondary N) is 2. The number of rotatable bonds is 3. The van der Waals surface area contributed by atoms with E-state index in [0.717, 1.165) is 11.0 Å². The Kier molecular flexibility index (Phi) is 4.78. The van der Waals surface area contributed by atoms with Gasteiger partial charge in [0.1, 0.15) is 0 Å². The van der Waals surface area contributed by atoms with Gasteiger partial charge >= 0.3 is 11.7 Å². The first-order valence-electron chi connectivity index (χ1n) is 8.39. The molecule has 134 valence electrons. The summed E-state index contributed by atoms with van der Waals surface area (Å²) >= 11 is 0. The normalized spacial score (nSPS) is 15.4. The van der Waals surface area contributed by atoms with Crippen molar-refractivity contribution in [3.63, 3.8) is 0 Å². The molecule has 1 fully saturated rings. The summed E-state index contributed by atoms with van der Waals surface area (Å²) in [5.41, 5.74) is 1.61. The Morgan fingerprint density at radius 3 is 2.60 bits per heavy atom. The van der Waals surface area contributed by atoms with Gasteiger partial charge in [-0.15, -0.1) is 0 Å². The van der Waals surface area contributed by atoms with Gasteiger partial charge in [-0.3, -0.25) is 9.36 Å². The summed E-state index contributed by atoms with van der Waals surface area (Å²) in [5.74, 6) is -0.145. The van der Waals surface area contributed by atoms with Crippen molar-refractivity contribution in [2.75, 3.05) is 33.7 Å². The Morgan fingerprint density at radius 2 is 1.92 bits per heavy atom. The Balaban J connectivity index is 1.62. The number of aromatic amines is 1. The lowest BCUT2D eigenvalue weighted by Crippen LogP contribution is -2.47. The number of benzene rings is 1. The lowest BCUT2D eigenvalue weighted by atomic mass is 10.0. The number of H-pyrrole nitrogens is 1. The third-order valence-corrected chi connectivity index (χ3v) is 4.63. The van der Waals surface area contributed by atoms with Crippen LogP contribution in [0.3, 0.4) is 0 Å². The summed E-state index contributed by atoms with van der Waals surface area (Å²) in [4.78, 5) is 42.0. The molecule has 1 aliphatic rings. The summed E-state index contributed by atoms with van der Waals surface area (Å²) in [6.45, 7) is 1.10. The lowest BCUT2D eigenvalue weighted by molar-refractivity contribution is -0.127. The van der Waals surface area contributed by atoms with Crippen LogP contribution in [0, 0.1) is 0 Å². The monoisotopic (exact) mass is 345 g/mol. The van der Waals surface area contributed by atoms with Crippen LogP contribution in [0.2, 0.25) is 0 Å². The summed E-state index contributed by atoms with van der Waals surface area (Å²) < 4.78 is 1.79. The van der Waals surface area contributed by atoms with Crippen LogP contribution in [0.5, 0.6) is 0 Å². The highest BCUT2D eigenvalue weighted by molar-refractivity contribution is 5.83. The second kappa shape index (κ2) is 7.00. The fourth-order valence-corrected chi connectivity index (χ4v) is 3.19. The van der Waals surface area contributed by atoms with Gasteiger partial charge in [0.2, 0.25) is 5.91 Å². The number of piperidine rings is 1. The van der Waals surface area contributed by atoms with E-state index in [1.807, 2.05) is 24.3 Å². The quantitative estimate of drug-likeness (QED) is 0.861. The smallest absolute Gasteiger partial charge is 0.326 e. The van der Waals surface area contributed by atoms with E-state index >= 15 is 0 Å². The third-order valence-electron chi connectivity index (χ3n) is 4.63. The Bertz CT molecular complexity index is 830. The van der Waals surface area contributed by atoms with Crippen molar-refractivity contribution in [1.29, 1.82) is 0 Å². The minimum atomic E-state index is -0.236. The van der Waals surface area contributed by atoms with Gasteiger partial charge in [0.25, 0.3) is 0 Å². The predicted molar refractivity (Wildman–Crippen MR) is 94.5 cm³/mol. The molecule has 3 rings (SSSR count). The van der Waals surface area contributed by atoms with Gasteiger partial charge in [0.05, 0.1) is 17.6 Å². The second-order valence-corrected chi connectivity index (χ2v) is 6.48. The van der Waals surface area contributed by atoms with Crippen molar-refractivity contribution in [3.05, 3.63) is 34.7 Å². The van der Waals surface area contributed by atoms with Gasteiger partial charge in [-0.05, 0) is 25.0 Å². The highest BCUT2D eigenvalue weighted by Gasteiger charge is 2.26. The first-order valence-corrected chi connectivity index (χ1v) is 8.39. The Hall–Kier alpha value is -2.77. The van der Waals surface area contributed by atoms with Crippen molar-refractivity contribution in [3.8, 4) is 0 Å². The van der Waals surface area contributed by atoms with Crippen LogP contribution < -0.4 is 11.0 Å². The molecule has 1 aromatic carbocycles. The number of hydrogen-bond acceptors (Lipinski definition) is 3. The molecular weight excluding hydrogens is 322 g/mol. The molecule has 0 bridgehead atoms. The zero-order valence-corrected chi connectivity index (χ0v) is 14.5. The summed E-state index contributed by atoms with van der Waals surface area (Å²) in [6, 6.07) is 7.45.